The molecule has 7 heteroatoms. The summed E-state index contributed by atoms with van der Waals surface area (Å²) in [5.41, 5.74) is 8.09. The molecule has 7 nitrogen and oxygen atoms in total. The van der Waals surface area contributed by atoms with Gasteiger partial charge >= 0.3 is 0 Å². The van der Waals surface area contributed by atoms with Crippen molar-refractivity contribution in [2.45, 2.75) is 6.92 Å². The first-order valence-electron chi connectivity index (χ1n) is 7.46. The molecule has 1 aromatic carbocycles. The lowest BCUT2D eigenvalue weighted by molar-refractivity contribution is 0.0303. The number of anilines is 1. The van der Waals surface area contributed by atoms with Gasteiger partial charge in [0.1, 0.15) is 0 Å². The lowest BCUT2D eigenvalue weighted by Gasteiger charge is -2.26. The van der Waals surface area contributed by atoms with Gasteiger partial charge in [0.2, 0.25) is 5.95 Å². The number of ether oxygens (including phenoxy) is 1. The van der Waals surface area contributed by atoms with E-state index in [1.165, 1.54) is 4.68 Å². The van der Waals surface area contributed by atoms with E-state index in [2.05, 4.69) is 10.1 Å². The van der Waals surface area contributed by atoms with Crippen LogP contribution in [0.3, 0.4) is 0 Å². The van der Waals surface area contributed by atoms with Crippen LogP contribution in [0.1, 0.15) is 21.6 Å². The third-order valence-corrected chi connectivity index (χ3v) is 3.62. The van der Waals surface area contributed by atoms with E-state index in [9.17, 15) is 4.79 Å². The van der Waals surface area contributed by atoms with Crippen LogP contribution in [-0.4, -0.2) is 53.0 Å². The summed E-state index contributed by atoms with van der Waals surface area (Å²) < 4.78 is 6.78. The largest absolute Gasteiger partial charge is 0.378 e. The highest BCUT2D eigenvalue weighted by molar-refractivity contribution is 5.95. The van der Waals surface area contributed by atoms with Gasteiger partial charge in [-0.15, -0.1) is 0 Å². The Labute approximate surface area is 134 Å². The number of hydrogen-bond donors (Lipinski definition) is 1. The SMILES string of the molecule is Cc1cn(N=Cc2ccc(C(=O)N3CCOCC3)cc2)c(N)n1. The fraction of sp³-hybridized carbons (Fsp3) is 0.312. The molecule has 0 unspecified atom stereocenters. The molecule has 1 aliphatic heterocycles. The van der Waals surface area contributed by atoms with Crippen LogP contribution in [-0.2, 0) is 4.74 Å². The normalized spacial score (nSPS) is 15.3. The smallest absolute Gasteiger partial charge is 0.254 e. The van der Waals surface area contributed by atoms with Crippen molar-refractivity contribution in [2.75, 3.05) is 32.0 Å². The molecule has 0 bridgehead atoms. The molecule has 1 saturated heterocycles. The van der Waals surface area contributed by atoms with Crippen LogP contribution in [0.25, 0.3) is 0 Å². The maximum absolute atomic E-state index is 12.3. The number of nitrogen functional groups attached to an aromatic ring is 1. The lowest BCUT2D eigenvalue weighted by atomic mass is 10.1. The second kappa shape index (κ2) is 6.62. The predicted molar refractivity (Wildman–Crippen MR) is 87.5 cm³/mol. The third kappa shape index (κ3) is 3.57. The number of nitrogens with zero attached hydrogens (tertiary/aromatic N) is 4. The van der Waals surface area contributed by atoms with Gasteiger partial charge < -0.3 is 15.4 Å². The molecule has 120 valence electrons. The molecule has 1 amide bonds. The van der Waals surface area contributed by atoms with Gasteiger partial charge in [-0.25, -0.2) is 9.66 Å². The van der Waals surface area contributed by atoms with Crippen molar-refractivity contribution in [3.63, 3.8) is 0 Å². The number of benzene rings is 1. The molecule has 1 fully saturated rings. The number of morpholine rings is 1. The van der Waals surface area contributed by atoms with Crippen LogP contribution in [0.4, 0.5) is 5.95 Å². The maximum Gasteiger partial charge on any atom is 0.254 e. The van der Waals surface area contributed by atoms with Crippen LogP contribution in [0.2, 0.25) is 0 Å². The van der Waals surface area contributed by atoms with E-state index in [1.54, 1.807) is 12.4 Å². The van der Waals surface area contributed by atoms with Crippen LogP contribution in [0, 0.1) is 6.92 Å². The average molecular weight is 313 g/mol. The maximum atomic E-state index is 12.3. The molecular formula is C16H19N5O2. The summed E-state index contributed by atoms with van der Waals surface area (Å²) in [5.74, 6) is 0.379. The Bertz CT molecular complexity index is 715. The minimum Gasteiger partial charge on any atom is -0.378 e. The fourth-order valence-electron chi connectivity index (χ4n) is 2.39. The summed E-state index contributed by atoms with van der Waals surface area (Å²) in [4.78, 5) is 18.2. The Morgan fingerprint density at radius 3 is 2.61 bits per heavy atom. The van der Waals surface area contributed by atoms with E-state index in [1.807, 2.05) is 36.1 Å². The number of carbonyl (C=O) groups excluding carboxylic acids is 1. The van der Waals surface area contributed by atoms with Crippen molar-refractivity contribution in [2.24, 2.45) is 5.10 Å². The number of amides is 1. The number of carbonyl (C=O) groups is 1. The molecule has 23 heavy (non-hydrogen) atoms. The molecule has 3 rings (SSSR count). The number of rotatable bonds is 3. The number of aryl methyl sites for hydroxylation is 1. The summed E-state index contributed by atoms with van der Waals surface area (Å²) in [7, 11) is 0. The summed E-state index contributed by atoms with van der Waals surface area (Å²) in [6, 6.07) is 7.33. The highest BCUT2D eigenvalue weighted by Crippen LogP contribution is 2.09. The quantitative estimate of drug-likeness (QED) is 0.861. The number of nitrogens with two attached hydrogens (primary N) is 1. The van der Waals surface area contributed by atoms with Crippen LogP contribution in [0.15, 0.2) is 35.6 Å². The second-order valence-electron chi connectivity index (χ2n) is 5.36. The van der Waals surface area contributed by atoms with E-state index >= 15 is 0 Å². The first kappa shape index (κ1) is 15.2. The highest BCUT2D eigenvalue weighted by Gasteiger charge is 2.18. The highest BCUT2D eigenvalue weighted by atomic mass is 16.5. The van der Waals surface area contributed by atoms with E-state index < -0.39 is 0 Å². The number of imidazole rings is 1. The van der Waals surface area contributed by atoms with Gasteiger partial charge in [-0.3, -0.25) is 4.79 Å². The minimum atomic E-state index is 0.0336. The molecule has 0 aliphatic carbocycles. The van der Waals surface area contributed by atoms with Crippen molar-refractivity contribution < 1.29 is 9.53 Å². The standard InChI is InChI=1S/C16H19N5O2/c1-12-11-21(16(17)19-12)18-10-13-2-4-14(5-3-13)15(22)20-6-8-23-9-7-20/h2-5,10-11H,6-9H2,1H3,(H2,17,19). The first-order valence-corrected chi connectivity index (χ1v) is 7.46. The van der Waals surface area contributed by atoms with Gasteiger partial charge in [0, 0.05) is 18.7 Å². The predicted octanol–water partition coefficient (Wildman–Crippen LogP) is 1.13. The summed E-state index contributed by atoms with van der Waals surface area (Å²) >= 11 is 0. The second-order valence-corrected chi connectivity index (χ2v) is 5.36. The monoisotopic (exact) mass is 313 g/mol. The van der Waals surface area contributed by atoms with Gasteiger partial charge in [0.25, 0.3) is 5.91 Å². The summed E-state index contributed by atoms with van der Waals surface area (Å²) in [5, 5.41) is 4.25. The van der Waals surface area contributed by atoms with E-state index in [4.69, 9.17) is 10.5 Å². The summed E-state index contributed by atoms with van der Waals surface area (Å²) in [6.45, 7) is 4.33. The average Bonchev–Trinajstić information content (AvgIpc) is 2.91. The van der Waals surface area contributed by atoms with Crippen molar-refractivity contribution in [3.8, 4) is 0 Å². The van der Waals surface area contributed by atoms with Gasteiger partial charge in [-0.1, -0.05) is 12.1 Å². The zero-order valence-corrected chi connectivity index (χ0v) is 13.0. The van der Waals surface area contributed by atoms with Gasteiger partial charge in [-0.2, -0.15) is 5.10 Å². The van der Waals surface area contributed by atoms with E-state index in [0.717, 1.165) is 11.3 Å². The Morgan fingerprint density at radius 2 is 2.00 bits per heavy atom. The number of hydrogen-bond acceptors (Lipinski definition) is 5. The van der Waals surface area contributed by atoms with E-state index in [-0.39, 0.29) is 5.91 Å². The zero-order valence-electron chi connectivity index (χ0n) is 13.0. The third-order valence-electron chi connectivity index (χ3n) is 3.62. The molecule has 0 spiro atoms. The van der Waals surface area contributed by atoms with Gasteiger partial charge in [-0.05, 0) is 24.6 Å². The molecule has 0 saturated carbocycles. The first-order chi connectivity index (χ1) is 11.1. The fourth-order valence-corrected chi connectivity index (χ4v) is 2.39. The van der Waals surface area contributed by atoms with Crippen molar-refractivity contribution in [3.05, 3.63) is 47.3 Å². The Morgan fingerprint density at radius 1 is 1.30 bits per heavy atom. The minimum absolute atomic E-state index is 0.0336. The Hall–Kier alpha value is -2.67. The van der Waals surface area contributed by atoms with Crippen molar-refractivity contribution in [1.29, 1.82) is 0 Å². The zero-order chi connectivity index (χ0) is 16.2. The number of aromatic nitrogens is 2. The van der Waals surface area contributed by atoms with Gasteiger partial charge in [0.05, 0.1) is 31.3 Å². The van der Waals surface area contributed by atoms with E-state index in [0.29, 0.717) is 37.8 Å². The molecule has 2 aromatic rings. The van der Waals surface area contributed by atoms with Crippen molar-refractivity contribution in [1.82, 2.24) is 14.6 Å². The van der Waals surface area contributed by atoms with Crippen LogP contribution in [0.5, 0.6) is 0 Å². The molecular weight excluding hydrogens is 294 g/mol. The lowest BCUT2D eigenvalue weighted by Crippen LogP contribution is -2.40. The molecule has 1 aliphatic rings. The molecule has 0 radical (unpaired) electrons. The molecule has 0 atom stereocenters. The Balaban J connectivity index is 1.69. The van der Waals surface area contributed by atoms with Crippen molar-refractivity contribution >= 4 is 18.1 Å². The molecule has 2 heterocycles. The summed E-state index contributed by atoms with van der Waals surface area (Å²) in [6.07, 6.45) is 3.43. The van der Waals surface area contributed by atoms with Crippen LogP contribution < -0.4 is 5.73 Å². The Kier molecular flexibility index (Phi) is 4.38. The molecule has 1 aromatic heterocycles. The molecule has 2 N–H and O–H groups in total. The van der Waals surface area contributed by atoms with Gasteiger partial charge in [0.15, 0.2) is 0 Å². The van der Waals surface area contributed by atoms with Crippen LogP contribution >= 0.6 is 0 Å². The topological polar surface area (TPSA) is 85.7 Å².